The molecule has 1 aliphatic heterocycles. The molecule has 1 fully saturated rings. The van der Waals surface area contributed by atoms with Crippen LogP contribution in [0.2, 0.25) is 0 Å². The van der Waals surface area contributed by atoms with E-state index in [-0.39, 0.29) is 11.9 Å². The summed E-state index contributed by atoms with van der Waals surface area (Å²) in [5.41, 5.74) is 3.57. The monoisotopic (exact) mass is 339 g/mol. The van der Waals surface area contributed by atoms with E-state index in [0.29, 0.717) is 13.0 Å². The van der Waals surface area contributed by atoms with Crippen molar-refractivity contribution >= 4 is 5.91 Å². The molecular formula is C21H25NO3. The topological polar surface area (TPSA) is 38.8 Å². The van der Waals surface area contributed by atoms with Crippen LogP contribution in [0.25, 0.3) is 0 Å². The van der Waals surface area contributed by atoms with Crippen LogP contribution in [0.5, 0.6) is 11.5 Å². The van der Waals surface area contributed by atoms with E-state index in [9.17, 15) is 4.79 Å². The minimum atomic E-state index is 0.229. The molecule has 0 aromatic heterocycles. The molecule has 4 heteroatoms. The molecule has 1 aliphatic rings. The minimum Gasteiger partial charge on any atom is -0.493 e. The number of amides is 1. The number of likely N-dealkylation sites (tertiary alicyclic amines) is 1. The Hall–Kier alpha value is -2.49. The number of hydrogen-bond donors (Lipinski definition) is 0. The van der Waals surface area contributed by atoms with Gasteiger partial charge in [0, 0.05) is 19.0 Å². The van der Waals surface area contributed by atoms with E-state index in [1.54, 1.807) is 14.2 Å². The summed E-state index contributed by atoms with van der Waals surface area (Å²) in [5.74, 6) is 1.70. The van der Waals surface area contributed by atoms with E-state index in [0.717, 1.165) is 29.9 Å². The van der Waals surface area contributed by atoms with Crippen LogP contribution in [0.4, 0.5) is 0 Å². The number of carbonyl (C=O) groups is 1. The largest absolute Gasteiger partial charge is 0.493 e. The second kappa shape index (κ2) is 7.60. The molecule has 3 rings (SSSR count). The van der Waals surface area contributed by atoms with E-state index >= 15 is 0 Å². The van der Waals surface area contributed by atoms with Gasteiger partial charge in [-0.1, -0.05) is 35.9 Å². The number of nitrogens with zero attached hydrogens (tertiary/aromatic N) is 1. The van der Waals surface area contributed by atoms with Gasteiger partial charge in [-0.25, -0.2) is 0 Å². The van der Waals surface area contributed by atoms with E-state index in [1.165, 1.54) is 11.1 Å². The number of benzene rings is 2. The molecule has 1 unspecified atom stereocenters. The van der Waals surface area contributed by atoms with Crippen LogP contribution in [-0.4, -0.2) is 31.1 Å². The molecule has 0 radical (unpaired) electrons. The highest BCUT2D eigenvalue weighted by atomic mass is 16.5. The summed E-state index contributed by atoms with van der Waals surface area (Å²) in [6, 6.07) is 14.6. The van der Waals surface area contributed by atoms with Crippen LogP contribution >= 0.6 is 0 Å². The molecule has 1 amide bonds. The summed E-state index contributed by atoms with van der Waals surface area (Å²) >= 11 is 0. The standard InChI is InChI=1S/C21H25NO3/c1-15-4-6-16(7-5-15)14-22-18(9-11-21(22)23)12-17-8-10-19(24-2)20(13-17)25-3/h4-8,10,13,18H,9,11-12,14H2,1-3H3. The van der Waals surface area contributed by atoms with Gasteiger partial charge in [0.15, 0.2) is 11.5 Å². The number of aryl methyl sites for hydroxylation is 1. The zero-order valence-electron chi connectivity index (χ0n) is 15.1. The maximum absolute atomic E-state index is 12.4. The Kier molecular flexibility index (Phi) is 5.27. The van der Waals surface area contributed by atoms with Crippen LogP contribution in [0.1, 0.15) is 29.5 Å². The van der Waals surface area contributed by atoms with Crippen LogP contribution in [0.15, 0.2) is 42.5 Å². The van der Waals surface area contributed by atoms with Gasteiger partial charge < -0.3 is 14.4 Å². The van der Waals surface area contributed by atoms with E-state index in [1.807, 2.05) is 23.1 Å². The summed E-state index contributed by atoms with van der Waals surface area (Å²) in [5, 5.41) is 0. The van der Waals surface area contributed by atoms with Gasteiger partial charge in [-0.05, 0) is 43.0 Å². The predicted octanol–water partition coefficient (Wildman–Crippen LogP) is 3.75. The van der Waals surface area contributed by atoms with Crippen molar-refractivity contribution in [2.24, 2.45) is 0 Å². The number of rotatable bonds is 6. The smallest absolute Gasteiger partial charge is 0.223 e. The first-order valence-electron chi connectivity index (χ1n) is 8.66. The van der Waals surface area contributed by atoms with Crippen molar-refractivity contribution in [2.45, 2.75) is 38.8 Å². The van der Waals surface area contributed by atoms with Gasteiger partial charge in [-0.2, -0.15) is 0 Å². The predicted molar refractivity (Wildman–Crippen MR) is 98.0 cm³/mol. The highest BCUT2D eigenvalue weighted by molar-refractivity contribution is 5.78. The first-order chi connectivity index (χ1) is 12.1. The third-order valence-corrected chi connectivity index (χ3v) is 4.85. The van der Waals surface area contributed by atoms with Crippen molar-refractivity contribution in [1.29, 1.82) is 0 Å². The van der Waals surface area contributed by atoms with Crippen molar-refractivity contribution in [3.8, 4) is 11.5 Å². The van der Waals surface area contributed by atoms with E-state index in [4.69, 9.17) is 9.47 Å². The normalized spacial score (nSPS) is 17.0. The second-order valence-electron chi connectivity index (χ2n) is 6.59. The van der Waals surface area contributed by atoms with E-state index < -0.39 is 0 Å². The number of methoxy groups -OCH3 is 2. The maximum Gasteiger partial charge on any atom is 0.223 e. The van der Waals surface area contributed by atoms with Crippen LogP contribution in [0.3, 0.4) is 0 Å². The molecule has 0 bridgehead atoms. The molecule has 25 heavy (non-hydrogen) atoms. The summed E-state index contributed by atoms with van der Waals surface area (Å²) < 4.78 is 10.7. The van der Waals surface area contributed by atoms with Crippen molar-refractivity contribution in [2.75, 3.05) is 14.2 Å². The second-order valence-corrected chi connectivity index (χ2v) is 6.59. The van der Waals surface area contributed by atoms with Crippen molar-refractivity contribution in [1.82, 2.24) is 4.90 Å². The van der Waals surface area contributed by atoms with E-state index in [2.05, 4.69) is 31.2 Å². The molecule has 1 heterocycles. The minimum absolute atomic E-state index is 0.229. The molecule has 2 aromatic carbocycles. The Morgan fingerprint density at radius 1 is 1.00 bits per heavy atom. The Bertz CT molecular complexity index is 739. The third kappa shape index (κ3) is 3.95. The summed E-state index contributed by atoms with van der Waals surface area (Å²) in [7, 11) is 3.28. The Morgan fingerprint density at radius 3 is 2.36 bits per heavy atom. The Morgan fingerprint density at radius 2 is 1.68 bits per heavy atom. The first kappa shape index (κ1) is 17.3. The van der Waals surface area contributed by atoms with Crippen molar-refractivity contribution in [3.63, 3.8) is 0 Å². The van der Waals surface area contributed by atoms with Gasteiger partial charge in [0.25, 0.3) is 0 Å². The summed E-state index contributed by atoms with van der Waals surface area (Å²) in [6.45, 7) is 2.75. The maximum atomic E-state index is 12.4. The molecule has 1 atom stereocenters. The van der Waals surface area contributed by atoms with Crippen LogP contribution < -0.4 is 9.47 Å². The van der Waals surface area contributed by atoms with Gasteiger partial charge in [0.05, 0.1) is 14.2 Å². The van der Waals surface area contributed by atoms with Gasteiger partial charge in [0.2, 0.25) is 5.91 Å². The molecular weight excluding hydrogens is 314 g/mol. The third-order valence-electron chi connectivity index (χ3n) is 4.85. The van der Waals surface area contributed by atoms with Crippen LogP contribution in [-0.2, 0) is 17.8 Å². The highest BCUT2D eigenvalue weighted by Crippen LogP contribution is 2.30. The molecule has 4 nitrogen and oxygen atoms in total. The lowest BCUT2D eigenvalue weighted by molar-refractivity contribution is -0.129. The molecule has 0 spiro atoms. The summed E-state index contributed by atoms with van der Waals surface area (Å²) in [6.07, 6.45) is 2.36. The number of carbonyl (C=O) groups excluding carboxylic acids is 1. The molecule has 1 saturated heterocycles. The lowest BCUT2D eigenvalue weighted by Gasteiger charge is -2.25. The molecule has 0 aliphatic carbocycles. The molecule has 0 N–H and O–H groups in total. The molecule has 2 aromatic rings. The van der Waals surface area contributed by atoms with Gasteiger partial charge in [-0.15, -0.1) is 0 Å². The fourth-order valence-corrected chi connectivity index (χ4v) is 3.39. The fraction of sp³-hybridized carbons (Fsp3) is 0.381. The average Bonchev–Trinajstić information content (AvgIpc) is 2.96. The fourth-order valence-electron chi connectivity index (χ4n) is 3.39. The van der Waals surface area contributed by atoms with Gasteiger partial charge >= 0.3 is 0 Å². The van der Waals surface area contributed by atoms with Crippen molar-refractivity contribution < 1.29 is 14.3 Å². The zero-order chi connectivity index (χ0) is 17.8. The lowest BCUT2D eigenvalue weighted by atomic mass is 10.0. The van der Waals surface area contributed by atoms with Crippen LogP contribution in [0, 0.1) is 6.92 Å². The molecule has 0 saturated carbocycles. The number of ether oxygens (including phenoxy) is 2. The quantitative estimate of drug-likeness (QED) is 0.805. The molecule has 132 valence electrons. The van der Waals surface area contributed by atoms with Gasteiger partial charge in [-0.3, -0.25) is 4.79 Å². The van der Waals surface area contributed by atoms with Crippen molar-refractivity contribution in [3.05, 3.63) is 59.2 Å². The Labute approximate surface area is 149 Å². The average molecular weight is 339 g/mol. The lowest BCUT2D eigenvalue weighted by Crippen LogP contribution is -2.33. The number of hydrogen-bond acceptors (Lipinski definition) is 3. The Balaban J connectivity index is 1.74. The zero-order valence-corrected chi connectivity index (χ0v) is 15.1. The summed E-state index contributed by atoms with van der Waals surface area (Å²) in [4.78, 5) is 14.4. The SMILES string of the molecule is COc1ccc(CC2CCC(=O)N2Cc2ccc(C)cc2)cc1OC. The van der Waals surface area contributed by atoms with Gasteiger partial charge in [0.1, 0.15) is 0 Å². The highest BCUT2D eigenvalue weighted by Gasteiger charge is 2.31. The first-order valence-corrected chi connectivity index (χ1v) is 8.66.